The number of nitrogens with zero attached hydrogens (tertiary/aromatic N) is 1. The second kappa shape index (κ2) is 5.78. The second-order valence-electron chi connectivity index (χ2n) is 3.07. The third kappa shape index (κ3) is 4.13. The summed E-state index contributed by atoms with van der Waals surface area (Å²) in [4.78, 5) is 3.79. The summed E-state index contributed by atoms with van der Waals surface area (Å²) >= 11 is 0. The fourth-order valence-corrected chi connectivity index (χ4v) is 1.46. The van der Waals surface area contributed by atoms with Gasteiger partial charge < -0.3 is 9.47 Å². The lowest BCUT2D eigenvalue weighted by molar-refractivity contribution is 0.170. The largest absolute Gasteiger partial charge is 0.478 e. The molecule has 16 heavy (non-hydrogen) atoms. The summed E-state index contributed by atoms with van der Waals surface area (Å²) in [7, 11) is -2.08. The maximum atomic E-state index is 10.9. The van der Waals surface area contributed by atoms with E-state index in [0.29, 0.717) is 19.1 Å². The Labute approximate surface area is 94.4 Å². The first-order chi connectivity index (χ1) is 7.54. The molecule has 1 aromatic heterocycles. The Morgan fingerprint density at radius 1 is 1.38 bits per heavy atom. The zero-order valence-electron chi connectivity index (χ0n) is 8.92. The van der Waals surface area contributed by atoms with Crippen molar-refractivity contribution >= 4 is 10.0 Å². The van der Waals surface area contributed by atoms with E-state index in [0.717, 1.165) is 6.42 Å². The molecule has 90 valence electrons. The molecule has 0 radical (unpaired) electrons. The van der Waals surface area contributed by atoms with E-state index in [1.54, 1.807) is 7.11 Å². The highest BCUT2D eigenvalue weighted by molar-refractivity contribution is 7.89. The quantitative estimate of drug-likeness (QED) is 0.721. The molecule has 0 aromatic carbocycles. The Bertz CT molecular complexity index is 416. The van der Waals surface area contributed by atoms with Crippen LogP contribution in [0.2, 0.25) is 0 Å². The fourth-order valence-electron chi connectivity index (χ4n) is 1.00. The highest BCUT2D eigenvalue weighted by Crippen LogP contribution is 2.10. The van der Waals surface area contributed by atoms with Gasteiger partial charge in [-0.15, -0.1) is 0 Å². The average molecular weight is 246 g/mol. The van der Waals surface area contributed by atoms with Gasteiger partial charge in [-0.25, -0.2) is 18.5 Å². The molecule has 0 aliphatic heterocycles. The number of sulfonamides is 1. The van der Waals surface area contributed by atoms with Crippen LogP contribution in [0.25, 0.3) is 0 Å². The first kappa shape index (κ1) is 12.9. The van der Waals surface area contributed by atoms with Gasteiger partial charge in [-0.1, -0.05) is 0 Å². The number of aromatic nitrogens is 1. The molecule has 0 aliphatic rings. The molecule has 0 bridgehead atoms. The molecule has 0 saturated heterocycles. The van der Waals surface area contributed by atoms with Crippen molar-refractivity contribution in [3.05, 3.63) is 18.3 Å². The van der Waals surface area contributed by atoms with Crippen LogP contribution in [0.4, 0.5) is 0 Å². The number of nitrogens with two attached hydrogens (primary N) is 1. The SMILES string of the molecule is COCCCOc1ccc(S(N)(=O)=O)cn1. The topological polar surface area (TPSA) is 91.5 Å². The zero-order chi connectivity index (χ0) is 12.0. The van der Waals surface area contributed by atoms with Gasteiger partial charge in [0.1, 0.15) is 4.90 Å². The van der Waals surface area contributed by atoms with Crippen LogP contribution in [-0.4, -0.2) is 33.7 Å². The van der Waals surface area contributed by atoms with Crippen LogP contribution in [0.15, 0.2) is 23.2 Å². The van der Waals surface area contributed by atoms with Crippen molar-refractivity contribution in [2.75, 3.05) is 20.3 Å². The van der Waals surface area contributed by atoms with Gasteiger partial charge in [-0.05, 0) is 6.07 Å². The van der Waals surface area contributed by atoms with E-state index >= 15 is 0 Å². The monoisotopic (exact) mass is 246 g/mol. The smallest absolute Gasteiger partial charge is 0.239 e. The highest BCUT2D eigenvalue weighted by atomic mass is 32.2. The molecule has 0 saturated carbocycles. The normalized spacial score (nSPS) is 11.4. The first-order valence-electron chi connectivity index (χ1n) is 4.64. The molecule has 0 spiro atoms. The second-order valence-corrected chi connectivity index (χ2v) is 4.63. The molecular formula is C9H14N2O4S. The van der Waals surface area contributed by atoms with Crippen LogP contribution >= 0.6 is 0 Å². The van der Waals surface area contributed by atoms with E-state index in [2.05, 4.69) is 4.98 Å². The molecule has 1 aromatic rings. The van der Waals surface area contributed by atoms with Gasteiger partial charge in [0.05, 0.1) is 12.8 Å². The van der Waals surface area contributed by atoms with Gasteiger partial charge >= 0.3 is 0 Å². The minimum Gasteiger partial charge on any atom is -0.478 e. The van der Waals surface area contributed by atoms with Crippen LogP contribution < -0.4 is 9.88 Å². The summed E-state index contributed by atoms with van der Waals surface area (Å²) in [5.41, 5.74) is 0. The maximum Gasteiger partial charge on any atom is 0.239 e. The van der Waals surface area contributed by atoms with Gasteiger partial charge in [0.2, 0.25) is 15.9 Å². The molecule has 2 N–H and O–H groups in total. The van der Waals surface area contributed by atoms with Crippen LogP contribution in [-0.2, 0) is 14.8 Å². The number of ether oxygens (including phenoxy) is 2. The summed E-state index contributed by atoms with van der Waals surface area (Å²) < 4.78 is 31.9. The third-order valence-electron chi connectivity index (χ3n) is 1.78. The standard InChI is InChI=1S/C9H14N2O4S/c1-14-5-2-6-15-9-4-3-8(7-11-9)16(10,12)13/h3-4,7H,2,5-6H2,1H3,(H2,10,12,13). The van der Waals surface area contributed by atoms with Crippen LogP contribution in [0.1, 0.15) is 6.42 Å². The molecule has 0 unspecified atom stereocenters. The van der Waals surface area contributed by atoms with Crippen molar-refractivity contribution in [2.24, 2.45) is 5.14 Å². The molecular weight excluding hydrogens is 232 g/mol. The maximum absolute atomic E-state index is 10.9. The predicted octanol–water partition coefficient (Wildman–Crippen LogP) is 0.144. The van der Waals surface area contributed by atoms with E-state index in [9.17, 15) is 8.42 Å². The number of methoxy groups -OCH3 is 1. The van der Waals surface area contributed by atoms with Crippen LogP contribution in [0.3, 0.4) is 0 Å². The number of hydrogen-bond acceptors (Lipinski definition) is 5. The number of pyridine rings is 1. The van der Waals surface area contributed by atoms with Crippen molar-refractivity contribution in [1.29, 1.82) is 0 Å². The van der Waals surface area contributed by atoms with Crippen LogP contribution in [0.5, 0.6) is 5.88 Å². The summed E-state index contributed by atoms with van der Waals surface area (Å²) in [6.45, 7) is 1.07. The first-order valence-corrected chi connectivity index (χ1v) is 6.19. The van der Waals surface area contributed by atoms with E-state index in [1.807, 2.05) is 0 Å². The Hall–Kier alpha value is -1.18. The van der Waals surface area contributed by atoms with E-state index in [1.165, 1.54) is 18.3 Å². The lowest BCUT2D eigenvalue weighted by atomic mass is 10.4. The van der Waals surface area contributed by atoms with Crippen molar-refractivity contribution in [2.45, 2.75) is 11.3 Å². The molecule has 0 fully saturated rings. The fraction of sp³-hybridized carbons (Fsp3) is 0.444. The van der Waals surface area contributed by atoms with Gasteiger partial charge in [0, 0.05) is 26.2 Å². The Balaban J connectivity index is 2.52. The van der Waals surface area contributed by atoms with E-state index in [4.69, 9.17) is 14.6 Å². The summed E-state index contributed by atoms with van der Waals surface area (Å²) in [5.74, 6) is 0.364. The third-order valence-corrected chi connectivity index (χ3v) is 2.68. The lowest BCUT2D eigenvalue weighted by Crippen LogP contribution is -2.12. The molecule has 7 heteroatoms. The summed E-state index contributed by atoms with van der Waals surface area (Å²) in [6.07, 6.45) is 1.91. The highest BCUT2D eigenvalue weighted by Gasteiger charge is 2.07. The molecule has 0 atom stereocenters. The molecule has 0 amide bonds. The predicted molar refractivity (Wildman–Crippen MR) is 57.6 cm³/mol. The summed E-state index contributed by atoms with van der Waals surface area (Å²) in [5, 5.41) is 4.92. The molecule has 6 nitrogen and oxygen atoms in total. The zero-order valence-corrected chi connectivity index (χ0v) is 9.74. The Morgan fingerprint density at radius 2 is 2.12 bits per heavy atom. The van der Waals surface area contributed by atoms with Crippen LogP contribution in [0, 0.1) is 0 Å². The minimum atomic E-state index is -3.69. The lowest BCUT2D eigenvalue weighted by Gasteiger charge is -2.04. The Morgan fingerprint density at radius 3 is 2.62 bits per heavy atom. The Kier molecular flexibility index (Phi) is 4.66. The van der Waals surface area contributed by atoms with Gasteiger partial charge in [0.25, 0.3) is 0 Å². The van der Waals surface area contributed by atoms with Crippen molar-refractivity contribution in [1.82, 2.24) is 4.98 Å². The molecule has 0 aliphatic carbocycles. The average Bonchev–Trinajstić information content (AvgIpc) is 2.24. The molecule has 1 heterocycles. The molecule has 1 rings (SSSR count). The summed E-state index contributed by atoms with van der Waals surface area (Å²) in [6, 6.07) is 2.82. The van der Waals surface area contributed by atoms with E-state index in [-0.39, 0.29) is 4.90 Å². The number of rotatable bonds is 6. The number of primary sulfonamides is 1. The van der Waals surface area contributed by atoms with Gasteiger partial charge in [0.15, 0.2) is 0 Å². The number of hydrogen-bond donors (Lipinski definition) is 1. The minimum absolute atomic E-state index is 0.0308. The van der Waals surface area contributed by atoms with Gasteiger partial charge in [-0.2, -0.15) is 0 Å². The van der Waals surface area contributed by atoms with Crippen molar-refractivity contribution in [3.8, 4) is 5.88 Å². The van der Waals surface area contributed by atoms with E-state index < -0.39 is 10.0 Å². The van der Waals surface area contributed by atoms with Gasteiger partial charge in [-0.3, -0.25) is 0 Å². The van der Waals surface area contributed by atoms with Crippen molar-refractivity contribution < 1.29 is 17.9 Å². The van der Waals surface area contributed by atoms with Crippen molar-refractivity contribution in [3.63, 3.8) is 0 Å².